The molecule has 16 heteroatoms. The molecule has 0 unspecified atom stereocenters. The van der Waals surface area contributed by atoms with E-state index in [0.717, 1.165) is 11.1 Å². The summed E-state index contributed by atoms with van der Waals surface area (Å²) in [6, 6.07) is 8.32. The monoisotopic (exact) mass is 747 g/mol. The average Bonchev–Trinajstić information content (AvgIpc) is 3.06. The van der Waals surface area contributed by atoms with Gasteiger partial charge in [-0.3, -0.25) is 9.59 Å². The molecule has 5 heterocycles. The van der Waals surface area contributed by atoms with E-state index in [2.05, 4.69) is 31.8 Å². The predicted octanol–water partition coefficient (Wildman–Crippen LogP) is 6.11. The molecule has 0 saturated carbocycles. The molecule has 3 amide bonds. The maximum absolute atomic E-state index is 12.3. The van der Waals surface area contributed by atoms with E-state index in [1.165, 1.54) is 19.5 Å². The third-order valence-electron chi connectivity index (χ3n) is 7.69. The highest BCUT2D eigenvalue weighted by molar-refractivity contribution is 6.32. The van der Waals surface area contributed by atoms with Gasteiger partial charge in [-0.05, 0) is 82.2 Å². The fourth-order valence-electron chi connectivity index (χ4n) is 5.17. The molecule has 3 aromatic rings. The number of rotatable bonds is 5. The molecule has 2 aliphatic heterocycles. The number of carbonyl (C=O) groups is 3. The lowest BCUT2D eigenvalue weighted by atomic mass is 10.0. The highest BCUT2D eigenvalue weighted by atomic mass is 35.5. The first-order chi connectivity index (χ1) is 23.6. The van der Waals surface area contributed by atoms with Crippen LogP contribution in [0.25, 0.3) is 11.4 Å². The van der Waals surface area contributed by atoms with Gasteiger partial charge in [-0.15, -0.1) is 0 Å². The summed E-state index contributed by atoms with van der Waals surface area (Å²) in [5.74, 6) is -0.471. The molecule has 2 fully saturated rings. The summed E-state index contributed by atoms with van der Waals surface area (Å²) in [7, 11) is 1.53. The number of nitrogens with one attached hydrogen (secondary N) is 1. The Morgan fingerprint density at radius 2 is 1.40 bits per heavy atom. The molecular weight excluding hydrogens is 709 g/mol. The number of hydrogen-bond acceptors (Lipinski definition) is 10. The van der Waals surface area contributed by atoms with E-state index in [4.69, 9.17) is 49.0 Å². The summed E-state index contributed by atoms with van der Waals surface area (Å²) in [5, 5.41) is 3.38. The number of morpholine rings is 2. The minimum absolute atomic E-state index is 0.0458. The number of ether oxygens (including phenoxy) is 3. The molecule has 3 aromatic heterocycles. The van der Waals surface area contributed by atoms with Gasteiger partial charge in [0.25, 0.3) is 5.91 Å². The number of pyridine rings is 2. The third-order valence-corrected chi connectivity index (χ3v) is 8.27. The molecule has 13 nitrogen and oxygen atoms in total. The fraction of sp³-hybridized carbons (Fsp3) is 0.441. The van der Waals surface area contributed by atoms with Crippen LogP contribution in [0.4, 0.5) is 4.79 Å². The molecule has 0 aliphatic carbocycles. The van der Waals surface area contributed by atoms with E-state index in [1.54, 1.807) is 40.1 Å². The number of amides is 3. The van der Waals surface area contributed by atoms with Crippen LogP contribution in [-0.4, -0.2) is 98.7 Å². The highest BCUT2D eigenvalue weighted by Gasteiger charge is 2.34. The van der Waals surface area contributed by atoms with E-state index >= 15 is 0 Å². The Kier molecular flexibility index (Phi) is 13.1. The molecule has 50 heavy (non-hydrogen) atoms. The standard InChI is InChI=1S/C19H20ClN5O3.C15H20Cl2N2O3/c1-4-18(26)25-8-16(28-9-11(25)2)12-5-14(24-17(20)6-12)13-7-15(19(27)21-3)23-10-22-13;1-9-8-21-11(10-5-12(16)18-13(17)6-10)7-19(9)14(20)22-15(2,3)4/h4-7,10-11,16H,1,8-9H2,2-3H3,(H,21,27);5-6,9,11H,7-8H2,1-4H3/t11-,16-;9-,11-/m00/s1. The van der Waals surface area contributed by atoms with Gasteiger partial charge in [0.15, 0.2) is 0 Å². The molecule has 2 saturated heterocycles. The summed E-state index contributed by atoms with van der Waals surface area (Å²) in [6.45, 7) is 14.5. The van der Waals surface area contributed by atoms with E-state index in [9.17, 15) is 14.4 Å². The first-order valence-corrected chi connectivity index (χ1v) is 16.9. The molecule has 5 rings (SSSR count). The van der Waals surface area contributed by atoms with Crippen molar-refractivity contribution >= 4 is 52.7 Å². The maximum atomic E-state index is 12.3. The molecule has 0 spiro atoms. The second-order valence-corrected chi connectivity index (χ2v) is 13.9. The molecule has 0 bridgehead atoms. The zero-order chi connectivity index (χ0) is 36.7. The summed E-state index contributed by atoms with van der Waals surface area (Å²) in [4.78, 5) is 56.0. The lowest BCUT2D eigenvalue weighted by Crippen LogP contribution is -2.49. The minimum Gasteiger partial charge on any atom is -0.444 e. The van der Waals surface area contributed by atoms with Crippen molar-refractivity contribution in [1.29, 1.82) is 0 Å². The second-order valence-electron chi connectivity index (χ2n) is 12.7. The van der Waals surface area contributed by atoms with Crippen molar-refractivity contribution in [2.24, 2.45) is 0 Å². The van der Waals surface area contributed by atoms with Crippen LogP contribution >= 0.6 is 34.8 Å². The topological polar surface area (TPSA) is 149 Å². The van der Waals surface area contributed by atoms with Gasteiger partial charge in [-0.2, -0.15) is 0 Å². The van der Waals surface area contributed by atoms with E-state index in [0.29, 0.717) is 48.0 Å². The molecule has 0 aromatic carbocycles. The number of hydrogen-bond donors (Lipinski definition) is 1. The zero-order valence-corrected chi connectivity index (χ0v) is 30.9. The van der Waals surface area contributed by atoms with Crippen molar-refractivity contribution < 1.29 is 28.6 Å². The normalized spacial score (nSPS) is 20.7. The van der Waals surface area contributed by atoms with Crippen LogP contribution in [0, 0.1) is 0 Å². The van der Waals surface area contributed by atoms with Gasteiger partial charge < -0.3 is 29.3 Å². The van der Waals surface area contributed by atoms with Gasteiger partial charge in [0.2, 0.25) is 5.91 Å². The van der Waals surface area contributed by atoms with Crippen LogP contribution in [0.2, 0.25) is 15.5 Å². The van der Waals surface area contributed by atoms with Gasteiger partial charge in [0.05, 0.1) is 49.8 Å². The van der Waals surface area contributed by atoms with Crippen molar-refractivity contribution in [1.82, 2.24) is 35.1 Å². The number of nitrogens with zero attached hydrogens (tertiary/aromatic N) is 6. The number of aromatic nitrogens is 4. The summed E-state index contributed by atoms with van der Waals surface area (Å²) < 4.78 is 17.2. The second kappa shape index (κ2) is 16.9. The number of halogens is 3. The molecule has 268 valence electrons. The summed E-state index contributed by atoms with van der Waals surface area (Å²) in [5.41, 5.74) is 2.20. The first-order valence-electron chi connectivity index (χ1n) is 15.8. The minimum atomic E-state index is -0.534. The van der Waals surface area contributed by atoms with Gasteiger partial charge in [0.1, 0.15) is 45.3 Å². The van der Waals surface area contributed by atoms with Crippen LogP contribution in [-0.2, 0) is 19.0 Å². The lowest BCUT2D eigenvalue weighted by Gasteiger charge is -2.38. The van der Waals surface area contributed by atoms with E-state index < -0.39 is 5.60 Å². The maximum Gasteiger partial charge on any atom is 0.410 e. The smallest absolute Gasteiger partial charge is 0.410 e. The van der Waals surface area contributed by atoms with E-state index in [1.807, 2.05) is 34.6 Å². The Hall–Kier alpha value is -3.88. The van der Waals surface area contributed by atoms with Gasteiger partial charge in [-0.25, -0.2) is 24.7 Å². The fourth-order valence-corrected chi connectivity index (χ4v) is 5.86. The van der Waals surface area contributed by atoms with Crippen LogP contribution in [0.3, 0.4) is 0 Å². The van der Waals surface area contributed by atoms with Crippen LogP contribution in [0.1, 0.15) is 68.4 Å². The highest BCUT2D eigenvalue weighted by Crippen LogP contribution is 2.31. The van der Waals surface area contributed by atoms with Crippen molar-refractivity contribution in [2.75, 3.05) is 33.4 Å². The van der Waals surface area contributed by atoms with Crippen LogP contribution < -0.4 is 5.32 Å². The number of carbonyl (C=O) groups excluding carboxylic acids is 3. The lowest BCUT2D eigenvalue weighted by molar-refractivity contribution is -0.139. The average molecular weight is 749 g/mol. The Morgan fingerprint density at radius 3 is 1.96 bits per heavy atom. The van der Waals surface area contributed by atoms with Gasteiger partial charge in [0, 0.05) is 7.05 Å². The van der Waals surface area contributed by atoms with Gasteiger partial charge in [-0.1, -0.05) is 41.4 Å². The SMILES string of the molecule is C=CC(=O)N1C[C@@H](c2cc(Cl)nc(-c3cc(C(=O)NC)ncn3)c2)OC[C@@H]1C.C[C@H]1CO[C@H](c2cc(Cl)nc(Cl)c2)CN1C(=O)OC(C)(C)C. The van der Waals surface area contributed by atoms with Crippen molar-refractivity contribution in [3.63, 3.8) is 0 Å². The van der Waals surface area contributed by atoms with Crippen molar-refractivity contribution in [2.45, 2.75) is 64.5 Å². The summed E-state index contributed by atoms with van der Waals surface area (Å²) >= 11 is 18.1. The Morgan fingerprint density at radius 1 is 0.860 bits per heavy atom. The third kappa shape index (κ3) is 10.3. The summed E-state index contributed by atoms with van der Waals surface area (Å²) in [6.07, 6.45) is 1.58. The van der Waals surface area contributed by atoms with Gasteiger partial charge >= 0.3 is 6.09 Å². The molecule has 1 N–H and O–H groups in total. The van der Waals surface area contributed by atoms with Crippen LogP contribution in [0.5, 0.6) is 0 Å². The first kappa shape index (κ1) is 38.9. The molecule has 2 aliphatic rings. The zero-order valence-electron chi connectivity index (χ0n) is 28.7. The Balaban J connectivity index is 0.000000232. The molecule has 4 atom stereocenters. The van der Waals surface area contributed by atoms with Crippen molar-refractivity contribution in [3.8, 4) is 11.4 Å². The predicted molar refractivity (Wildman–Crippen MR) is 189 cm³/mol. The Bertz CT molecular complexity index is 1700. The quantitative estimate of drug-likeness (QED) is 0.239. The van der Waals surface area contributed by atoms with E-state index in [-0.39, 0.29) is 53.0 Å². The molecular formula is C34H40Cl3N7O6. The van der Waals surface area contributed by atoms with Crippen LogP contribution in [0.15, 0.2) is 49.3 Å². The van der Waals surface area contributed by atoms with Crippen molar-refractivity contribution in [3.05, 3.63) is 81.6 Å². The largest absolute Gasteiger partial charge is 0.444 e. The molecule has 0 radical (unpaired) electrons. The Labute approximate surface area is 306 Å².